The first-order valence-electron chi connectivity index (χ1n) is 5.38. The van der Waals surface area contributed by atoms with E-state index >= 15 is 0 Å². The third-order valence-corrected chi connectivity index (χ3v) is 3.26. The number of hydrogen-bond acceptors (Lipinski definition) is 5. The SMILES string of the molecule is C=CCNCC(=O)Nc1c(C)csc1C(=O)OC. The molecule has 0 radical (unpaired) electrons. The second-order valence-corrected chi connectivity index (χ2v) is 4.46. The highest BCUT2D eigenvalue weighted by Gasteiger charge is 2.18. The lowest BCUT2D eigenvalue weighted by atomic mass is 10.2. The zero-order valence-corrected chi connectivity index (χ0v) is 11.2. The highest BCUT2D eigenvalue weighted by atomic mass is 32.1. The zero-order chi connectivity index (χ0) is 13.5. The lowest BCUT2D eigenvalue weighted by molar-refractivity contribution is -0.115. The number of ether oxygens (including phenoxy) is 1. The van der Waals surface area contributed by atoms with Crippen LogP contribution in [-0.2, 0) is 9.53 Å². The number of rotatable bonds is 6. The Morgan fingerprint density at radius 2 is 2.28 bits per heavy atom. The summed E-state index contributed by atoms with van der Waals surface area (Å²) < 4.78 is 4.66. The van der Waals surface area contributed by atoms with E-state index in [0.717, 1.165) is 5.56 Å². The normalized spacial score (nSPS) is 9.89. The lowest BCUT2D eigenvalue weighted by Crippen LogP contribution is -2.28. The summed E-state index contributed by atoms with van der Waals surface area (Å²) in [5.74, 6) is -0.647. The minimum atomic E-state index is -0.442. The van der Waals surface area contributed by atoms with Crippen LogP contribution in [0.4, 0.5) is 5.69 Å². The van der Waals surface area contributed by atoms with Gasteiger partial charge in [0.2, 0.25) is 5.91 Å². The number of methoxy groups -OCH3 is 1. The van der Waals surface area contributed by atoms with Crippen molar-refractivity contribution in [2.24, 2.45) is 0 Å². The molecule has 0 aliphatic heterocycles. The summed E-state index contributed by atoms with van der Waals surface area (Å²) in [6.45, 7) is 6.10. The van der Waals surface area contributed by atoms with E-state index < -0.39 is 5.97 Å². The molecule has 1 heterocycles. The van der Waals surface area contributed by atoms with E-state index in [1.807, 2.05) is 6.92 Å². The van der Waals surface area contributed by atoms with Gasteiger partial charge in [-0.1, -0.05) is 6.08 Å². The van der Waals surface area contributed by atoms with E-state index in [-0.39, 0.29) is 12.5 Å². The van der Waals surface area contributed by atoms with Gasteiger partial charge >= 0.3 is 5.97 Å². The fourth-order valence-electron chi connectivity index (χ4n) is 1.31. The van der Waals surface area contributed by atoms with Crippen LogP contribution in [0.2, 0.25) is 0 Å². The van der Waals surface area contributed by atoms with Gasteiger partial charge in [-0.3, -0.25) is 4.79 Å². The Morgan fingerprint density at radius 3 is 2.89 bits per heavy atom. The Bertz CT molecular complexity index is 454. The molecule has 98 valence electrons. The number of carbonyl (C=O) groups excluding carboxylic acids is 2. The Balaban J connectivity index is 2.71. The van der Waals surface area contributed by atoms with Gasteiger partial charge in [-0.15, -0.1) is 17.9 Å². The van der Waals surface area contributed by atoms with Gasteiger partial charge in [-0.05, 0) is 17.9 Å². The van der Waals surface area contributed by atoms with Crippen molar-refractivity contribution in [3.63, 3.8) is 0 Å². The molecule has 18 heavy (non-hydrogen) atoms. The summed E-state index contributed by atoms with van der Waals surface area (Å²) in [4.78, 5) is 23.6. The molecule has 0 fully saturated rings. The van der Waals surface area contributed by atoms with Crippen molar-refractivity contribution in [2.45, 2.75) is 6.92 Å². The average molecular weight is 268 g/mol. The summed E-state index contributed by atoms with van der Waals surface area (Å²) in [5.41, 5.74) is 1.37. The molecule has 0 unspecified atom stereocenters. The van der Waals surface area contributed by atoms with Gasteiger partial charge < -0.3 is 15.4 Å². The molecule has 1 amide bonds. The van der Waals surface area contributed by atoms with Crippen molar-refractivity contribution >= 4 is 28.9 Å². The minimum absolute atomic E-state index is 0.169. The van der Waals surface area contributed by atoms with Crippen LogP contribution in [0.1, 0.15) is 15.2 Å². The van der Waals surface area contributed by atoms with E-state index in [9.17, 15) is 9.59 Å². The molecule has 0 aliphatic carbocycles. The Morgan fingerprint density at radius 1 is 1.56 bits per heavy atom. The van der Waals surface area contributed by atoms with Crippen LogP contribution < -0.4 is 10.6 Å². The number of hydrogen-bond donors (Lipinski definition) is 2. The molecule has 0 spiro atoms. The van der Waals surface area contributed by atoms with Crippen molar-refractivity contribution in [1.29, 1.82) is 0 Å². The molecule has 0 saturated carbocycles. The highest BCUT2D eigenvalue weighted by molar-refractivity contribution is 7.12. The minimum Gasteiger partial charge on any atom is -0.465 e. The number of aryl methyl sites for hydroxylation is 1. The van der Waals surface area contributed by atoms with Gasteiger partial charge in [0.25, 0.3) is 0 Å². The maximum atomic E-state index is 11.6. The maximum absolute atomic E-state index is 11.6. The fourth-order valence-corrected chi connectivity index (χ4v) is 2.24. The number of nitrogens with one attached hydrogen (secondary N) is 2. The van der Waals surface area contributed by atoms with E-state index in [4.69, 9.17) is 0 Å². The number of amides is 1. The topological polar surface area (TPSA) is 67.4 Å². The third-order valence-electron chi connectivity index (χ3n) is 2.18. The smallest absolute Gasteiger partial charge is 0.350 e. The van der Waals surface area contributed by atoms with Crippen LogP contribution in [0.5, 0.6) is 0 Å². The second kappa shape index (κ2) is 6.93. The first-order valence-corrected chi connectivity index (χ1v) is 6.26. The molecule has 1 aromatic rings. The first kappa shape index (κ1) is 14.4. The molecule has 0 saturated heterocycles. The van der Waals surface area contributed by atoms with E-state index in [2.05, 4.69) is 21.9 Å². The van der Waals surface area contributed by atoms with Crippen LogP contribution in [0, 0.1) is 6.92 Å². The van der Waals surface area contributed by atoms with Gasteiger partial charge in [-0.2, -0.15) is 0 Å². The molecule has 0 atom stereocenters. The molecule has 6 heteroatoms. The van der Waals surface area contributed by atoms with Crippen LogP contribution in [0.25, 0.3) is 0 Å². The number of carbonyl (C=O) groups is 2. The van der Waals surface area contributed by atoms with Crippen LogP contribution in [0.3, 0.4) is 0 Å². The van der Waals surface area contributed by atoms with Crippen molar-refractivity contribution in [3.05, 3.63) is 28.5 Å². The monoisotopic (exact) mass is 268 g/mol. The van der Waals surface area contributed by atoms with Crippen molar-refractivity contribution in [2.75, 3.05) is 25.5 Å². The Hall–Kier alpha value is -1.66. The van der Waals surface area contributed by atoms with Crippen molar-refractivity contribution < 1.29 is 14.3 Å². The van der Waals surface area contributed by atoms with Crippen molar-refractivity contribution in [1.82, 2.24) is 5.32 Å². The van der Waals surface area contributed by atoms with E-state index in [1.54, 1.807) is 11.5 Å². The molecule has 0 aromatic carbocycles. The van der Waals surface area contributed by atoms with E-state index in [1.165, 1.54) is 18.4 Å². The highest BCUT2D eigenvalue weighted by Crippen LogP contribution is 2.28. The Kier molecular flexibility index (Phi) is 5.54. The first-order chi connectivity index (χ1) is 8.60. The summed E-state index contributed by atoms with van der Waals surface area (Å²) >= 11 is 1.25. The molecule has 5 nitrogen and oxygen atoms in total. The predicted molar refractivity (Wildman–Crippen MR) is 72.1 cm³/mol. The lowest BCUT2D eigenvalue weighted by Gasteiger charge is -2.07. The largest absolute Gasteiger partial charge is 0.465 e. The van der Waals surface area contributed by atoms with Gasteiger partial charge in [0.15, 0.2) is 0 Å². The zero-order valence-electron chi connectivity index (χ0n) is 10.4. The van der Waals surface area contributed by atoms with Gasteiger partial charge in [0.1, 0.15) is 4.88 Å². The van der Waals surface area contributed by atoms with Crippen LogP contribution in [0.15, 0.2) is 18.0 Å². The molecule has 2 N–H and O–H groups in total. The van der Waals surface area contributed by atoms with E-state index in [0.29, 0.717) is 17.1 Å². The fraction of sp³-hybridized carbons (Fsp3) is 0.333. The average Bonchev–Trinajstić information content (AvgIpc) is 2.71. The number of thiophene rings is 1. The van der Waals surface area contributed by atoms with Gasteiger partial charge in [-0.25, -0.2) is 4.79 Å². The summed E-state index contributed by atoms with van der Waals surface area (Å²) in [6.07, 6.45) is 1.67. The van der Waals surface area contributed by atoms with Gasteiger partial charge in [0, 0.05) is 6.54 Å². The van der Waals surface area contributed by atoms with Crippen LogP contribution in [-0.4, -0.2) is 32.1 Å². The number of esters is 1. The summed E-state index contributed by atoms with van der Waals surface area (Å²) in [7, 11) is 1.31. The second-order valence-electron chi connectivity index (χ2n) is 3.58. The molecule has 1 aromatic heterocycles. The summed E-state index contributed by atoms with van der Waals surface area (Å²) in [5, 5.41) is 7.40. The molecule has 0 aliphatic rings. The van der Waals surface area contributed by atoms with Crippen LogP contribution >= 0.6 is 11.3 Å². The maximum Gasteiger partial charge on any atom is 0.350 e. The molecule has 1 rings (SSSR count). The molecule has 0 bridgehead atoms. The van der Waals surface area contributed by atoms with Gasteiger partial charge in [0.05, 0.1) is 19.3 Å². The molecular weight excluding hydrogens is 252 g/mol. The number of anilines is 1. The quantitative estimate of drug-likeness (QED) is 0.467. The predicted octanol–water partition coefficient (Wildman–Crippen LogP) is 1.56. The molecular formula is C12H16N2O3S. The third kappa shape index (κ3) is 3.68. The van der Waals surface area contributed by atoms with Crippen molar-refractivity contribution in [3.8, 4) is 0 Å². The standard InChI is InChI=1S/C12H16N2O3S/c1-4-5-13-6-9(15)14-10-8(2)7-18-11(10)12(16)17-3/h4,7,13H,1,5-6H2,2-3H3,(H,14,15). The summed E-state index contributed by atoms with van der Waals surface area (Å²) in [6, 6.07) is 0. The Labute approximate surface area is 110 Å².